The highest BCUT2D eigenvalue weighted by atomic mass is 35.5. The summed E-state index contributed by atoms with van der Waals surface area (Å²) in [4.78, 5) is 21.7. The Labute approximate surface area is 176 Å². The number of para-hydroxylation sites is 1. The third-order valence-electron chi connectivity index (χ3n) is 4.53. The number of imidazole rings is 1. The Morgan fingerprint density at radius 1 is 1.07 bits per heavy atom. The second kappa shape index (κ2) is 7.38. The van der Waals surface area contributed by atoms with Crippen LogP contribution in [0.15, 0.2) is 71.1 Å². The molecule has 3 heterocycles. The summed E-state index contributed by atoms with van der Waals surface area (Å²) in [7, 11) is 0. The number of hydrogen-bond acceptors (Lipinski definition) is 7. The fourth-order valence-electron chi connectivity index (χ4n) is 3.15. The van der Waals surface area contributed by atoms with Gasteiger partial charge in [0.15, 0.2) is 11.5 Å². The number of H-pyrrole nitrogens is 1. The van der Waals surface area contributed by atoms with Gasteiger partial charge in [0.05, 0.1) is 33.7 Å². The maximum Gasteiger partial charge on any atom is 0.182 e. The van der Waals surface area contributed by atoms with Gasteiger partial charge in [-0.25, -0.2) is 19.9 Å². The first-order valence-corrected chi connectivity index (χ1v) is 10.2. The second-order valence-corrected chi connectivity index (χ2v) is 7.83. The van der Waals surface area contributed by atoms with Gasteiger partial charge in [0.25, 0.3) is 0 Å². The van der Waals surface area contributed by atoms with Crippen molar-refractivity contribution in [3.05, 3.63) is 66.2 Å². The van der Waals surface area contributed by atoms with Crippen molar-refractivity contribution in [3.63, 3.8) is 0 Å². The monoisotopic (exact) mass is 421 g/mol. The average Bonchev–Trinajstić information content (AvgIpc) is 3.24. The van der Waals surface area contributed by atoms with Gasteiger partial charge in [-0.1, -0.05) is 35.9 Å². The number of nitrogens with zero attached hydrogens (tertiary/aromatic N) is 5. The molecule has 144 valence electrons. The molecule has 4 aromatic rings. The van der Waals surface area contributed by atoms with Crippen molar-refractivity contribution in [1.29, 1.82) is 0 Å². The van der Waals surface area contributed by atoms with Crippen LogP contribution in [0.4, 0.5) is 17.2 Å². The first kappa shape index (κ1) is 18.0. The van der Waals surface area contributed by atoms with Gasteiger partial charge >= 0.3 is 0 Å². The van der Waals surface area contributed by atoms with Crippen LogP contribution in [-0.2, 0) is 0 Å². The molecule has 0 aliphatic carbocycles. The summed E-state index contributed by atoms with van der Waals surface area (Å²) in [5.41, 5.74) is 3.25. The van der Waals surface area contributed by atoms with Crippen molar-refractivity contribution >= 4 is 57.7 Å². The zero-order chi connectivity index (χ0) is 19.8. The first-order chi connectivity index (χ1) is 14.2. The van der Waals surface area contributed by atoms with E-state index in [1.807, 2.05) is 36.4 Å². The molecule has 9 heteroatoms. The average molecular weight is 422 g/mol. The molecule has 1 unspecified atom stereocenters. The lowest BCUT2D eigenvalue weighted by atomic mass is 10.2. The van der Waals surface area contributed by atoms with E-state index in [1.54, 1.807) is 18.3 Å². The number of aliphatic imine (C=N–C) groups is 1. The van der Waals surface area contributed by atoms with Crippen LogP contribution in [0.1, 0.15) is 6.92 Å². The van der Waals surface area contributed by atoms with Crippen LogP contribution in [0.25, 0.3) is 11.2 Å². The van der Waals surface area contributed by atoms with Gasteiger partial charge in [-0.3, -0.25) is 4.31 Å². The molecule has 0 radical (unpaired) electrons. The molecular formula is C20H16ClN7S. The number of benzene rings is 2. The van der Waals surface area contributed by atoms with Crippen molar-refractivity contribution in [3.8, 4) is 0 Å². The maximum absolute atomic E-state index is 6.44. The molecule has 0 fully saturated rings. The van der Waals surface area contributed by atoms with Crippen molar-refractivity contribution < 1.29 is 0 Å². The number of nitrogens with one attached hydrogen (secondary N) is 2. The van der Waals surface area contributed by atoms with Crippen LogP contribution in [0, 0.1) is 0 Å². The molecule has 7 nitrogen and oxygen atoms in total. The van der Waals surface area contributed by atoms with Crippen LogP contribution in [0.2, 0.25) is 5.02 Å². The van der Waals surface area contributed by atoms with Gasteiger partial charge in [0.1, 0.15) is 17.7 Å². The number of anilines is 2. The largest absolute Gasteiger partial charge is 0.358 e. The third-order valence-corrected chi connectivity index (χ3v) is 6.15. The highest BCUT2D eigenvalue weighted by Crippen LogP contribution is 2.44. The summed E-state index contributed by atoms with van der Waals surface area (Å²) >= 11 is 8.01. The lowest BCUT2D eigenvalue weighted by Gasteiger charge is -2.32. The van der Waals surface area contributed by atoms with Gasteiger partial charge in [-0.15, -0.1) is 0 Å². The van der Waals surface area contributed by atoms with Gasteiger partial charge < -0.3 is 10.3 Å². The number of aromatic nitrogens is 4. The van der Waals surface area contributed by atoms with E-state index >= 15 is 0 Å². The summed E-state index contributed by atoms with van der Waals surface area (Å²) < 4.78 is 2.09. The molecule has 0 saturated carbocycles. The van der Waals surface area contributed by atoms with E-state index < -0.39 is 0 Å². The van der Waals surface area contributed by atoms with Gasteiger partial charge in [-0.05, 0) is 43.1 Å². The number of hydrogen-bond donors (Lipinski definition) is 2. The molecule has 29 heavy (non-hydrogen) atoms. The number of fused-ring (bicyclic) bond motifs is 2. The highest BCUT2D eigenvalue weighted by molar-refractivity contribution is 8.01. The minimum absolute atomic E-state index is 0.142. The maximum atomic E-state index is 6.44. The third kappa shape index (κ3) is 3.30. The fourth-order valence-corrected chi connectivity index (χ4v) is 4.49. The van der Waals surface area contributed by atoms with Crippen molar-refractivity contribution in [1.82, 2.24) is 19.9 Å². The smallest absolute Gasteiger partial charge is 0.182 e. The quantitative estimate of drug-likeness (QED) is 0.448. The first-order valence-electron chi connectivity index (χ1n) is 9.01. The Hall–Kier alpha value is -3.10. The number of amidine groups is 1. The molecule has 2 aromatic heterocycles. The van der Waals surface area contributed by atoms with Gasteiger partial charge in [0.2, 0.25) is 0 Å². The van der Waals surface area contributed by atoms with E-state index in [0.717, 1.165) is 27.6 Å². The van der Waals surface area contributed by atoms with Gasteiger partial charge in [0, 0.05) is 0 Å². The molecular weight excluding hydrogens is 406 g/mol. The Morgan fingerprint density at radius 2 is 1.93 bits per heavy atom. The Morgan fingerprint density at radius 3 is 2.79 bits per heavy atom. The lowest BCUT2D eigenvalue weighted by molar-refractivity contribution is 1.00. The van der Waals surface area contributed by atoms with Gasteiger partial charge in [-0.2, -0.15) is 0 Å². The summed E-state index contributed by atoms with van der Waals surface area (Å²) in [6, 6.07) is 15.7. The SMILES string of the molecule is CC(Nc1ncnc2nc[nH]c12)C1=Nc2cccc(Cl)c2SN1c1ccccc1. The van der Waals surface area contributed by atoms with E-state index in [9.17, 15) is 0 Å². The zero-order valence-electron chi connectivity index (χ0n) is 15.4. The minimum atomic E-state index is -0.142. The predicted molar refractivity (Wildman–Crippen MR) is 118 cm³/mol. The fraction of sp³-hybridized carbons (Fsp3) is 0.100. The van der Waals surface area contributed by atoms with E-state index in [1.165, 1.54) is 6.33 Å². The normalized spacial score (nSPS) is 14.4. The molecule has 0 saturated heterocycles. The summed E-state index contributed by atoms with van der Waals surface area (Å²) in [5.74, 6) is 1.53. The molecule has 2 aromatic carbocycles. The minimum Gasteiger partial charge on any atom is -0.358 e. The predicted octanol–water partition coefficient (Wildman–Crippen LogP) is 5.06. The summed E-state index contributed by atoms with van der Waals surface area (Å²) in [6.45, 7) is 2.05. The van der Waals surface area contributed by atoms with E-state index in [0.29, 0.717) is 16.5 Å². The van der Waals surface area contributed by atoms with Crippen LogP contribution in [0.3, 0.4) is 0 Å². The molecule has 2 N–H and O–H groups in total. The van der Waals surface area contributed by atoms with Crippen LogP contribution in [0.5, 0.6) is 0 Å². The molecule has 0 spiro atoms. The second-order valence-electron chi connectivity index (χ2n) is 6.47. The highest BCUT2D eigenvalue weighted by Gasteiger charge is 2.28. The molecule has 1 aliphatic rings. The Kier molecular flexibility index (Phi) is 4.57. The molecule has 1 atom stereocenters. The van der Waals surface area contributed by atoms with E-state index in [2.05, 4.69) is 48.6 Å². The molecule has 0 bridgehead atoms. The topological polar surface area (TPSA) is 82.1 Å². The summed E-state index contributed by atoms with van der Waals surface area (Å²) in [6.07, 6.45) is 3.11. The lowest BCUT2D eigenvalue weighted by Crippen LogP contribution is -2.39. The van der Waals surface area contributed by atoms with Crippen LogP contribution >= 0.6 is 23.5 Å². The molecule has 5 rings (SSSR count). The molecule has 1 aliphatic heterocycles. The Bertz CT molecular complexity index is 1210. The number of halogens is 1. The van der Waals surface area contributed by atoms with Crippen molar-refractivity contribution in [2.45, 2.75) is 17.9 Å². The van der Waals surface area contributed by atoms with E-state index in [4.69, 9.17) is 16.6 Å². The molecule has 0 amide bonds. The summed E-state index contributed by atoms with van der Waals surface area (Å²) in [5, 5.41) is 4.13. The van der Waals surface area contributed by atoms with E-state index in [-0.39, 0.29) is 6.04 Å². The standard InChI is InChI=1S/C20H16ClN7S/c1-12(26-19-16-18(23-10-22-16)24-11-25-19)20-27-15-9-5-8-14(21)17(15)29-28(20)13-6-3-2-4-7-13/h2-12H,1H3,(H2,22,23,24,25,26). The Balaban J connectivity index is 1.56. The van der Waals surface area contributed by atoms with Crippen molar-refractivity contribution in [2.24, 2.45) is 4.99 Å². The number of aromatic amines is 1. The van der Waals surface area contributed by atoms with Crippen LogP contribution < -0.4 is 9.62 Å². The van der Waals surface area contributed by atoms with Crippen molar-refractivity contribution in [2.75, 3.05) is 9.62 Å². The zero-order valence-corrected chi connectivity index (χ0v) is 16.9. The van der Waals surface area contributed by atoms with Crippen LogP contribution in [-0.4, -0.2) is 31.8 Å². The number of rotatable bonds is 4.